The molecule has 0 saturated heterocycles. The van der Waals surface area contributed by atoms with Crippen LogP contribution in [0.25, 0.3) is 0 Å². The van der Waals surface area contributed by atoms with E-state index in [1.807, 2.05) is 0 Å². The van der Waals surface area contributed by atoms with E-state index in [9.17, 15) is 14.9 Å². The van der Waals surface area contributed by atoms with E-state index in [0.29, 0.717) is 19.6 Å². The minimum atomic E-state index is -0.563. The Hall–Kier alpha value is -1.89. The lowest BCUT2D eigenvalue weighted by atomic mass is 10.3. The summed E-state index contributed by atoms with van der Waals surface area (Å²) in [5.74, 6) is -0.152. The third-order valence-electron chi connectivity index (χ3n) is 2.19. The Labute approximate surface area is 115 Å². The largest absolute Gasteiger partial charge is 0.466 e. The summed E-state index contributed by atoms with van der Waals surface area (Å²) in [7, 11) is 0. The second kappa shape index (κ2) is 7.52. The maximum Gasteiger partial charge on any atom is 0.312 e. The quantitative estimate of drug-likeness (QED) is 0.358. The Morgan fingerprint density at radius 3 is 3.00 bits per heavy atom. The number of hydrogen-bond acceptors (Lipinski definition) is 6. The van der Waals surface area contributed by atoms with Gasteiger partial charge in [-0.2, -0.15) is 0 Å². The van der Waals surface area contributed by atoms with Crippen molar-refractivity contribution in [3.63, 3.8) is 0 Å². The van der Waals surface area contributed by atoms with Crippen molar-refractivity contribution in [3.8, 4) is 0 Å². The van der Waals surface area contributed by atoms with Gasteiger partial charge >= 0.3 is 11.7 Å². The fraction of sp³-hybridized carbons (Fsp3) is 0.455. The number of anilines is 1. The van der Waals surface area contributed by atoms with Gasteiger partial charge in [0, 0.05) is 25.2 Å². The van der Waals surface area contributed by atoms with Crippen molar-refractivity contribution in [1.29, 1.82) is 0 Å². The zero-order valence-corrected chi connectivity index (χ0v) is 11.1. The summed E-state index contributed by atoms with van der Waals surface area (Å²) in [6.07, 6.45) is 2.07. The number of nitro groups is 1. The summed E-state index contributed by atoms with van der Waals surface area (Å²) >= 11 is 5.64. The Balaban J connectivity index is 2.49. The molecule has 8 heteroatoms. The molecule has 0 saturated carbocycles. The first-order chi connectivity index (χ1) is 9.04. The van der Waals surface area contributed by atoms with Crippen LogP contribution in [-0.4, -0.2) is 29.0 Å². The van der Waals surface area contributed by atoms with Crippen molar-refractivity contribution in [2.45, 2.75) is 19.8 Å². The predicted molar refractivity (Wildman–Crippen MR) is 70.3 cm³/mol. The first kappa shape index (κ1) is 15.2. The molecule has 7 nitrogen and oxygen atoms in total. The number of hydrogen-bond donors (Lipinski definition) is 1. The van der Waals surface area contributed by atoms with E-state index in [-0.39, 0.29) is 28.9 Å². The van der Waals surface area contributed by atoms with Crippen LogP contribution in [0.1, 0.15) is 19.8 Å². The van der Waals surface area contributed by atoms with Gasteiger partial charge in [-0.3, -0.25) is 14.9 Å². The SMILES string of the molecule is CCOC(=O)CCCNc1ncc(Cl)cc1[N+](=O)[O-]. The predicted octanol–water partition coefficient (Wildman–Crippen LogP) is 2.40. The van der Waals surface area contributed by atoms with Crippen molar-refractivity contribution in [3.05, 3.63) is 27.4 Å². The van der Waals surface area contributed by atoms with Crippen LogP contribution < -0.4 is 5.32 Å². The molecule has 0 fully saturated rings. The first-order valence-electron chi connectivity index (χ1n) is 5.74. The number of carbonyl (C=O) groups is 1. The third-order valence-corrected chi connectivity index (χ3v) is 2.39. The van der Waals surface area contributed by atoms with E-state index in [0.717, 1.165) is 0 Å². The summed E-state index contributed by atoms with van der Waals surface area (Å²) in [5, 5.41) is 13.8. The standard InChI is InChI=1S/C11H14ClN3O4/c1-2-19-10(16)4-3-5-13-11-9(15(17)18)6-8(12)7-14-11/h6-7H,2-5H2,1H3,(H,13,14). The van der Waals surface area contributed by atoms with Crippen molar-refractivity contribution in [2.24, 2.45) is 0 Å². The van der Waals surface area contributed by atoms with Crippen molar-refractivity contribution < 1.29 is 14.5 Å². The first-order valence-corrected chi connectivity index (χ1v) is 6.11. The number of nitrogens with zero attached hydrogens (tertiary/aromatic N) is 2. The molecule has 0 spiro atoms. The van der Waals surface area contributed by atoms with Gasteiger partial charge in [0.05, 0.1) is 16.6 Å². The second-order valence-corrected chi connectivity index (χ2v) is 4.05. The van der Waals surface area contributed by atoms with Crippen molar-refractivity contribution >= 4 is 29.1 Å². The molecule has 1 N–H and O–H groups in total. The summed E-state index contributed by atoms with van der Waals surface area (Å²) in [5.41, 5.74) is -0.191. The highest BCUT2D eigenvalue weighted by atomic mass is 35.5. The van der Waals surface area contributed by atoms with Crippen LogP contribution in [0, 0.1) is 10.1 Å². The number of pyridine rings is 1. The molecule has 0 amide bonds. The second-order valence-electron chi connectivity index (χ2n) is 3.61. The number of carbonyl (C=O) groups excluding carboxylic acids is 1. The molecular weight excluding hydrogens is 274 g/mol. The molecule has 0 aromatic carbocycles. The number of ether oxygens (including phenoxy) is 1. The zero-order chi connectivity index (χ0) is 14.3. The molecule has 1 rings (SSSR count). The lowest BCUT2D eigenvalue weighted by Crippen LogP contribution is -2.10. The Morgan fingerprint density at radius 2 is 2.37 bits per heavy atom. The molecule has 1 aromatic rings. The molecule has 19 heavy (non-hydrogen) atoms. The maximum atomic E-state index is 11.1. The highest BCUT2D eigenvalue weighted by Gasteiger charge is 2.15. The van der Waals surface area contributed by atoms with Crippen LogP contribution in [-0.2, 0) is 9.53 Å². The van der Waals surface area contributed by atoms with Crippen LogP contribution in [0.2, 0.25) is 5.02 Å². The van der Waals surface area contributed by atoms with Gasteiger partial charge in [0.2, 0.25) is 5.82 Å². The van der Waals surface area contributed by atoms with Crippen molar-refractivity contribution in [1.82, 2.24) is 4.98 Å². The maximum absolute atomic E-state index is 11.1. The molecule has 0 aliphatic carbocycles. The van der Waals surface area contributed by atoms with Crippen LogP contribution >= 0.6 is 11.6 Å². The van der Waals surface area contributed by atoms with Gasteiger partial charge in [-0.25, -0.2) is 4.98 Å². The topological polar surface area (TPSA) is 94.4 Å². The Bertz CT molecular complexity index is 467. The van der Waals surface area contributed by atoms with Gasteiger partial charge in [-0.15, -0.1) is 0 Å². The molecule has 0 aliphatic heterocycles. The molecule has 0 aliphatic rings. The highest BCUT2D eigenvalue weighted by Crippen LogP contribution is 2.24. The van der Waals surface area contributed by atoms with Gasteiger partial charge < -0.3 is 10.1 Å². The number of esters is 1. The van der Waals surface area contributed by atoms with E-state index in [1.165, 1.54) is 12.3 Å². The average Bonchev–Trinajstić information content (AvgIpc) is 2.36. The summed E-state index contributed by atoms with van der Waals surface area (Å²) in [6, 6.07) is 1.22. The summed E-state index contributed by atoms with van der Waals surface area (Å²) < 4.78 is 4.76. The number of aromatic nitrogens is 1. The molecule has 0 atom stereocenters. The van der Waals surface area contributed by atoms with Gasteiger partial charge in [0.15, 0.2) is 0 Å². The van der Waals surface area contributed by atoms with Gasteiger partial charge in [-0.05, 0) is 13.3 Å². The highest BCUT2D eigenvalue weighted by molar-refractivity contribution is 6.30. The van der Waals surface area contributed by atoms with Crippen LogP contribution in [0.4, 0.5) is 11.5 Å². The lowest BCUT2D eigenvalue weighted by Gasteiger charge is -2.06. The van der Waals surface area contributed by atoms with E-state index in [1.54, 1.807) is 6.92 Å². The fourth-order valence-corrected chi connectivity index (χ4v) is 1.53. The Morgan fingerprint density at radius 1 is 1.63 bits per heavy atom. The van der Waals surface area contributed by atoms with E-state index >= 15 is 0 Å². The zero-order valence-electron chi connectivity index (χ0n) is 10.4. The van der Waals surface area contributed by atoms with Crippen LogP contribution in [0.5, 0.6) is 0 Å². The van der Waals surface area contributed by atoms with E-state index < -0.39 is 4.92 Å². The van der Waals surface area contributed by atoms with E-state index in [4.69, 9.17) is 16.3 Å². The summed E-state index contributed by atoms with van der Waals surface area (Å²) in [4.78, 5) is 25.2. The number of rotatable bonds is 7. The van der Waals surface area contributed by atoms with Crippen LogP contribution in [0.15, 0.2) is 12.3 Å². The smallest absolute Gasteiger partial charge is 0.312 e. The van der Waals surface area contributed by atoms with Gasteiger partial charge in [0.1, 0.15) is 0 Å². The fourth-order valence-electron chi connectivity index (χ4n) is 1.38. The monoisotopic (exact) mass is 287 g/mol. The minimum absolute atomic E-state index is 0.137. The summed E-state index contributed by atoms with van der Waals surface area (Å²) in [6.45, 7) is 2.46. The minimum Gasteiger partial charge on any atom is -0.466 e. The third kappa shape index (κ3) is 5.09. The average molecular weight is 288 g/mol. The molecule has 0 radical (unpaired) electrons. The van der Waals surface area contributed by atoms with Crippen LogP contribution in [0.3, 0.4) is 0 Å². The normalized spacial score (nSPS) is 10.0. The van der Waals surface area contributed by atoms with Crippen molar-refractivity contribution in [2.75, 3.05) is 18.5 Å². The number of nitrogens with one attached hydrogen (secondary N) is 1. The number of halogens is 1. The molecule has 1 aromatic heterocycles. The molecule has 104 valence electrons. The molecule has 0 bridgehead atoms. The Kier molecular flexibility index (Phi) is 6.01. The van der Waals surface area contributed by atoms with E-state index in [2.05, 4.69) is 10.3 Å². The lowest BCUT2D eigenvalue weighted by molar-refractivity contribution is -0.384. The molecule has 0 unspecified atom stereocenters. The molecular formula is C11H14ClN3O4. The van der Waals surface area contributed by atoms with Gasteiger partial charge in [0.25, 0.3) is 0 Å². The molecule has 1 heterocycles. The van der Waals surface area contributed by atoms with Gasteiger partial charge in [-0.1, -0.05) is 11.6 Å².